The van der Waals surface area contributed by atoms with E-state index in [4.69, 9.17) is 4.74 Å². The van der Waals surface area contributed by atoms with Crippen LogP contribution in [0.5, 0.6) is 0 Å². The first-order chi connectivity index (χ1) is 8.11. The van der Waals surface area contributed by atoms with Gasteiger partial charge in [-0.15, -0.1) is 0 Å². The highest BCUT2D eigenvalue weighted by Crippen LogP contribution is 2.10. The Bertz CT molecular complexity index is 387. The molecule has 5 nitrogen and oxygen atoms in total. The number of carbonyl (C=O) groups excluding carboxylic acids is 2. The minimum Gasteiger partial charge on any atom is -0.445 e. The quantitative estimate of drug-likeness (QED) is 0.838. The van der Waals surface area contributed by atoms with Crippen LogP contribution in [0.2, 0.25) is 0 Å². The zero-order valence-electron chi connectivity index (χ0n) is 9.95. The van der Waals surface area contributed by atoms with Gasteiger partial charge in [0, 0.05) is 19.2 Å². The van der Waals surface area contributed by atoms with Gasteiger partial charge in [0.1, 0.15) is 6.61 Å². The second-order valence-corrected chi connectivity index (χ2v) is 3.48. The van der Waals surface area contributed by atoms with Crippen molar-refractivity contribution >= 4 is 17.7 Å². The van der Waals surface area contributed by atoms with Crippen LogP contribution in [0, 0.1) is 0 Å². The van der Waals surface area contributed by atoms with Crippen molar-refractivity contribution in [3.63, 3.8) is 0 Å². The molecule has 0 saturated heterocycles. The highest BCUT2D eigenvalue weighted by Gasteiger charge is 2.01. The number of carbonyl (C=O) groups is 2. The number of anilines is 1. The first-order valence-corrected chi connectivity index (χ1v) is 5.39. The summed E-state index contributed by atoms with van der Waals surface area (Å²) in [6.07, 6.45) is -0.432. The van der Waals surface area contributed by atoms with Crippen molar-refractivity contribution in [3.05, 3.63) is 29.8 Å². The Hall–Kier alpha value is -2.04. The summed E-state index contributed by atoms with van der Waals surface area (Å²) in [5.74, 6) is -0.115. The molecule has 0 radical (unpaired) electrons. The van der Waals surface area contributed by atoms with Gasteiger partial charge >= 0.3 is 6.09 Å². The molecule has 92 valence electrons. The zero-order valence-corrected chi connectivity index (χ0v) is 9.95. The molecule has 0 fully saturated rings. The van der Waals surface area contributed by atoms with Crippen molar-refractivity contribution < 1.29 is 14.3 Å². The average molecular weight is 236 g/mol. The molecule has 0 aliphatic heterocycles. The van der Waals surface area contributed by atoms with Crippen LogP contribution in [0.3, 0.4) is 0 Å². The second kappa shape index (κ2) is 6.52. The van der Waals surface area contributed by atoms with Gasteiger partial charge in [-0.3, -0.25) is 4.79 Å². The fourth-order valence-corrected chi connectivity index (χ4v) is 1.23. The molecule has 0 saturated carbocycles. The molecular weight excluding hydrogens is 220 g/mol. The summed E-state index contributed by atoms with van der Waals surface area (Å²) >= 11 is 0. The van der Waals surface area contributed by atoms with Crippen LogP contribution in [0.15, 0.2) is 24.3 Å². The minimum absolute atomic E-state index is 0.115. The van der Waals surface area contributed by atoms with E-state index < -0.39 is 6.09 Å². The molecule has 0 aliphatic carbocycles. The van der Waals surface area contributed by atoms with Gasteiger partial charge in [-0.1, -0.05) is 12.1 Å². The lowest BCUT2D eigenvalue weighted by molar-refractivity contribution is -0.114. The number of hydrogen-bond acceptors (Lipinski definition) is 3. The number of ether oxygens (including phenoxy) is 1. The summed E-state index contributed by atoms with van der Waals surface area (Å²) in [5, 5.41) is 5.19. The van der Waals surface area contributed by atoms with Crippen LogP contribution in [0.1, 0.15) is 19.4 Å². The molecular formula is C12H16N2O3. The molecule has 0 heterocycles. The Balaban J connectivity index is 2.45. The predicted octanol–water partition coefficient (Wildman–Crippen LogP) is 1.89. The van der Waals surface area contributed by atoms with Crippen LogP contribution >= 0.6 is 0 Å². The standard InChI is InChI=1S/C12H16N2O3/c1-3-13-12(16)17-8-10-4-6-11(7-5-10)14-9(2)15/h4-7H,3,8H2,1-2H3,(H,13,16)(H,14,15). The number of hydrogen-bond donors (Lipinski definition) is 2. The smallest absolute Gasteiger partial charge is 0.407 e. The number of alkyl carbamates (subject to hydrolysis) is 1. The zero-order chi connectivity index (χ0) is 12.7. The molecule has 5 heteroatoms. The van der Waals surface area contributed by atoms with Crippen molar-refractivity contribution in [1.82, 2.24) is 5.32 Å². The molecule has 0 bridgehead atoms. The van der Waals surface area contributed by atoms with E-state index in [1.165, 1.54) is 6.92 Å². The fourth-order valence-electron chi connectivity index (χ4n) is 1.23. The van der Waals surface area contributed by atoms with Crippen molar-refractivity contribution in [1.29, 1.82) is 0 Å². The van der Waals surface area contributed by atoms with Crippen LogP contribution in [0.4, 0.5) is 10.5 Å². The normalized spacial score (nSPS) is 9.53. The Morgan fingerprint density at radius 2 is 1.88 bits per heavy atom. The molecule has 2 amide bonds. The first-order valence-electron chi connectivity index (χ1n) is 5.39. The van der Waals surface area contributed by atoms with Crippen LogP contribution < -0.4 is 10.6 Å². The fraction of sp³-hybridized carbons (Fsp3) is 0.333. The molecule has 1 aromatic rings. The summed E-state index contributed by atoms with van der Waals surface area (Å²) < 4.78 is 4.95. The number of amides is 2. The highest BCUT2D eigenvalue weighted by molar-refractivity contribution is 5.88. The lowest BCUT2D eigenvalue weighted by Gasteiger charge is -2.06. The average Bonchev–Trinajstić information content (AvgIpc) is 2.28. The molecule has 1 aromatic carbocycles. The molecule has 0 atom stereocenters. The SMILES string of the molecule is CCNC(=O)OCc1ccc(NC(C)=O)cc1. The predicted molar refractivity (Wildman–Crippen MR) is 64.6 cm³/mol. The van der Waals surface area contributed by atoms with Gasteiger partial charge in [0.15, 0.2) is 0 Å². The van der Waals surface area contributed by atoms with Gasteiger partial charge in [0.2, 0.25) is 5.91 Å². The topological polar surface area (TPSA) is 67.4 Å². The van der Waals surface area contributed by atoms with Crippen molar-refractivity contribution in [2.75, 3.05) is 11.9 Å². The summed E-state index contributed by atoms with van der Waals surface area (Å²) in [6, 6.07) is 7.12. The number of rotatable bonds is 4. The van der Waals surface area contributed by atoms with Crippen LogP contribution in [-0.4, -0.2) is 18.5 Å². The first kappa shape index (κ1) is 13.0. The van der Waals surface area contributed by atoms with Gasteiger partial charge in [0.25, 0.3) is 0 Å². The lowest BCUT2D eigenvalue weighted by atomic mass is 10.2. The molecule has 0 aromatic heterocycles. The maximum Gasteiger partial charge on any atom is 0.407 e. The Morgan fingerprint density at radius 3 is 2.41 bits per heavy atom. The van der Waals surface area contributed by atoms with E-state index in [0.717, 1.165) is 11.3 Å². The molecule has 0 spiro atoms. The van der Waals surface area contributed by atoms with E-state index in [2.05, 4.69) is 10.6 Å². The monoisotopic (exact) mass is 236 g/mol. The summed E-state index contributed by atoms with van der Waals surface area (Å²) in [5.41, 5.74) is 1.59. The molecule has 17 heavy (non-hydrogen) atoms. The second-order valence-electron chi connectivity index (χ2n) is 3.48. The van der Waals surface area contributed by atoms with Crippen molar-refractivity contribution in [2.45, 2.75) is 20.5 Å². The number of nitrogens with one attached hydrogen (secondary N) is 2. The maximum atomic E-state index is 11.0. The third-order valence-corrected chi connectivity index (χ3v) is 1.97. The van der Waals surface area contributed by atoms with E-state index in [-0.39, 0.29) is 12.5 Å². The Morgan fingerprint density at radius 1 is 1.24 bits per heavy atom. The van der Waals surface area contributed by atoms with E-state index >= 15 is 0 Å². The number of benzene rings is 1. The summed E-state index contributed by atoms with van der Waals surface area (Å²) in [7, 11) is 0. The van der Waals surface area contributed by atoms with Gasteiger partial charge in [0.05, 0.1) is 0 Å². The summed E-state index contributed by atoms with van der Waals surface area (Å²) in [4.78, 5) is 21.8. The molecule has 1 rings (SSSR count). The summed E-state index contributed by atoms with van der Waals surface area (Å²) in [6.45, 7) is 4.03. The Kier molecular flexibility index (Phi) is 5.00. The highest BCUT2D eigenvalue weighted by atomic mass is 16.5. The van der Waals surface area contributed by atoms with E-state index in [1.807, 2.05) is 6.92 Å². The molecule has 0 aliphatic rings. The molecule has 2 N–H and O–H groups in total. The van der Waals surface area contributed by atoms with Gasteiger partial charge < -0.3 is 15.4 Å². The third-order valence-electron chi connectivity index (χ3n) is 1.97. The van der Waals surface area contributed by atoms with E-state index in [9.17, 15) is 9.59 Å². The van der Waals surface area contributed by atoms with Crippen molar-refractivity contribution in [3.8, 4) is 0 Å². The van der Waals surface area contributed by atoms with Crippen LogP contribution in [-0.2, 0) is 16.1 Å². The van der Waals surface area contributed by atoms with Gasteiger partial charge in [-0.05, 0) is 24.6 Å². The minimum atomic E-state index is -0.432. The third kappa shape index (κ3) is 5.01. The molecule has 0 unspecified atom stereocenters. The van der Waals surface area contributed by atoms with Gasteiger partial charge in [-0.2, -0.15) is 0 Å². The Labute approximate surface area is 100 Å². The van der Waals surface area contributed by atoms with Crippen molar-refractivity contribution in [2.24, 2.45) is 0 Å². The largest absolute Gasteiger partial charge is 0.445 e. The maximum absolute atomic E-state index is 11.0. The van der Waals surface area contributed by atoms with Gasteiger partial charge in [-0.25, -0.2) is 4.79 Å². The van der Waals surface area contributed by atoms with E-state index in [0.29, 0.717) is 6.54 Å². The lowest BCUT2D eigenvalue weighted by Crippen LogP contribution is -2.23. The van der Waals surface area contributed by atoms with E-state index in [1.54, 1.807) is 24.3 Å². The van der Waals surface area contributed by atoms with Crippen LogP contribution in [0.25, 0.3) is 0 Å².